The Morgan fingerprint density at radius 2 is 1.85 bits per heavy atom. The Morgan fingerprint density at radius 3 is 2.67 bits per heavy atom. The molecule has 164 valence electrons. The van der Waals surface area contributed by atoms with Crippen LogP contribution < -0.4 is 10.6 Å². The number of thiophene rings is 1. The summed E-state index contributed by atoms with van der Waals surface area (Å²) in [6.45, 7) is 0. The fourth-order valence-corrected chi connectivity index (χ4v) is 5.93. The molecule has 2 N–H and O–H groups in total. The monoisotopic (exact) mass is 531 g/mol. The average molecular weight is 532 g/mol. The Morgan fingerprint density at radius 1 is 1.00 bits per heavy atom. The van der Waals surface area contributed by atoms with Crippen LogP contribution in [0.2, 0.25) is 10.0 Å². The van der Waals surface area contributed by atoms with Gasteiger partial charge in [-0.1, -0.05) is 34.5 Å². The Labute approximate surface area is 209 Å². The van der Waals surface area contributed by atoms with E-state index in [4.69, 9.17) is 23.2 Å². The van der Waals surface area contributed by atoms with Gasteiger partial charge in [-0.05, 0) is 47.7 Å². The summed E-state index contributed by atoms with van der Waals surface area (Å²) in [7, 11) is 0. The van der Waals surface area contributed by atoms with Crippen LogP contribution in [0.3, 0.4) is 0 Å². The molecular formula is C20H11Cl2N7OS3. The number of urea groups is 1. The zero-order valence-corrected chi connectivity index (χ0v) is 20.3. The topological polar surface area (TPSA) is 106 Å². The van der Waals surface area contributed by atoms with Crippen molar-refractivity contribution in [1.29, 1.82) is 0 Å². The molecule has 33 heavy (non-hydrogen) atoms. The quantitative estimate of drug-likeness (QED) is 0.192. The molecule has 0 fully saturated rings. The molecule has 2 amide bonds. The van der Waals surface area contributed by atoms with E-state index in [1.807, 2.05) is 12.1 Å². The molecule has 0 unspecified atom stereocenters. The summed E-state index contributed by atoms with van der Waals surface area (Å²) in [5.74, 6) is 0. The number of aromatic nitrogens is 5. The number of hydrogen-bond donors (Lipinski definition) is 2. The molecule has 0 saturated heterocycles. The van der Waals surface area contributed by atoms with Gasteiger partial charge in [0.15, 0.2) is 4.34 Å². The van der Waals surface area contributed by atoms with Gasteiger partial charge in [0, 0.05) is 29.0 Å². The summed E-state index contributed by atoms with van der Waals surface area (Å²) in [4.78, 5) is 26.1. The second kappa shape index (κ2) is 9.57. The number of fused-ring (bicyclic) bond motifs is 1. The third kappa shape index (κ3) is 4.92. The Hall–Kier alpha value is -2.83. The highest BCUT2D eigenvalue weighted by Crippen LogP contribution is 2.41. The lowest BCUT2D eigenvalue weighted by Crippen LogP contribution is -2.19. The molecule has 0 aliphatic carbocycles. The Kier molecular flexibility index (Phi) is 6.38. The molecule has 1 aromatic carbocycles. The molecule has 0 saturated carbocycles. The average Bonchev–Trinajstić information content (AvgIpc) is 3.44. The SMILES string of the molecule is O=C(Nc1ccc(Cl)c(Cl)c1)Nc1nnc(Sc2ncnc3scc(-c4ccncc4)c23)s1. The summed E-state index contributed by atoms with van der Waals surface area (Å²) in [5, 5.41) is 18.4. The lowest BCUT2D eigenvalue weighted by molar-refractivity contribution is 0.262. The highest BCUT2D eigenvalue weighted by molar-refractivity contribution is 8.01. The van der Waals surface area contributed by atoms with Crippen molar-refractivity contribution < 1.29 is 4.79 Å². The third-order valence-corrected chi connectivity index (χ3v) is 7.83. The highest BCUT2D eigenvalue weighted by atomic mass is 35.5. The Bertz CT molecular complexity index is 1460. The van der Waals surface area contributed by atoms with E-state index in [1.165, 1.54) is 29.4 Å². The molecule has 0 radical (unpaired) electrons. The van der Waals surface area contributed by atoms with E-state index in [-0.39, 0.29) is 0 Å². The van der Waals surface area contributed by atoms with E-state index in [0.717, 1.165) is 26.4 Å². The zero-order chi connectivity index (χ0) is 22.8. The van der Waals surface area contributed by atoms with E-state index >= 15 is 0 Å². The zero-order valence-electron chi connectivity index (χ0n) is 16.3. The smallest absolute Gasteiger partial charge is 0.308 e. The van der Waals surface area contributed by atoms with Crippen LogP contribution in [-0.4, -0.2) is 31.2 Å². The standard InChI is InChI=1S/C20H11Cl2N7OS3/c21-13-2-1-11(7-14(13)22)26-18(30)27-19-28-29-20(33-19)32-17-15-12(10-3-5-23-6-4-10)8-31-16(15)24-9-25-17/h1-9H,(H2,26,27,28,30). The van der Waals surface area contributed by atoms with Crippen molar-refractivity contribution >= 4 is 84.7 Å². The number of halogens is 2. The van der Waals surface area contributed by atoms with Crippen LogP contribution in [0.4, 0.5) is 15.6 Å². The van der Waals surface area contributed by atoms with Crippen LogP contribution in [0.5, 0.6) is 0 Å². The molecule has 8 nitrogen and oxygen atoms in total. The lowest BCUT2D eigenvalue weighted by Gasteiger charge is -2.06. The maximum atomic E-state index is 12.3. The largest absolute Gasteiger partial charge is 0.325 e. The molecule has 4 heterocycles. The van der Waals surface area contributed by atoms with Crippen molar-refractivity contribution in [3.8, 4) is 11.1 Å². The first kappa shape index (κ1) is 22.0. The maximum absolute atomic E-state index is 12.3. The van der Waals surface area contributed by atoms with Gasteiger partial charge in [-0.3, -0.25) is 10.3 Å². The van der Waals surface area contributed by atoms with E-state index in [0.29, 0.717) is 25.2 Å². The second-order valence-corrected chi connectivity index (χ2v) is 10.3. The minimum atomic E-state index is -0.469. The Balaban J connectivity index is 1.33. The summed E-state index contributed by atoms with van der Waals surface area (Å²) in [5.41, 5.74) is 2.57. The number of rotatable bonds is 5. The van der Waals surface area contributed by atoms with Crippen LogP contribution >= 0.6 is 57.6 Å². The number of hydrogen-bond acceptors (Lipinski definition) is 9. The third-order valence-electron chi connectivity index (χ3n) is 4.32. The van der Waals surface area contributed by atoms with Crippen LogP contribution in [0, 0.1) is 0 Å². The number of nitrogens with zero attached hydrogens (tertiary/aromatic N) is 5. The molecule has 0 atom stereocenters. The second-order valence-electron chi connectivity index (χ2n) is 6.43. The molecule has 4 aromatic heterocycles. The number of nitrogens with one attached hydrogen (secondary N) is 2. The lowest BCUT2D eigenvalue weighted by atomic mass is 10.1. The van der Waals surface area contributed by atoms with Crippen LogP contribution in [0.15, 0.2) is 63.8 Å². The van der Waals surface area contributed by atoms with Gasteiger partial charge in [0.05, 0.1) is 15.4 Å². The summed E-state index contributed by atoms with van der Waals surface area (Å²) < 4.78 is 0.631. The first-order valence-corrected chi connectivity index (χ1v) is 12.5. The number of pyridine rings is 1. The van der Waals surface area contributed by atoms with Crippen LogP contribution in [-0.2, 0) is 0 Å². The molecule has 0 spiro atoms. The van der Waals surface area contributed by atoms with Crippen LogP contribution in [0.25, 0.3) is 21.3 Å². The van der Waals surface area contributed by atoms with Gasteiger partial charge in [0.25, 0.3) is 0 Å². The van der Waals surface area contributed by atoms with Gasteiger partial charge in [-0.25, -0.2) is 14.8 Å². The minimum Gasteiger partial charge on any atom is -0.308 e. The molecule has 5 aromatic rings. The highest BCUT2D eigenvalue weighted by Gasteiger charge is 2.17. The van der Waals surface area contributed by atoms with E-state index in [9.17, 15) is 4.79 Å². The predicted octanol–water partition coefficient (Wildman–Crippen LogP) is 6.71. The van der Waals surface area contributed by atoms with Gasteiger partial charge in [0.1, 0.15) is 16.2 Å². The fraction of sp³-hybridized carbons (Fsp3) is 0. The van der Waals surface area contributed by atoms with Crippen molar-refractivity contribution in [2.24, 2.45) is 0 Å². The van der Waals surface area contributed by atoms with Gasteiger partial charge >= 0.3 is 6.03 Å². The maximum Gasteiger partial charge on any atom is 0.325 e. The molecule has 0 aliphatic heterocycles. The van der Waals surface area contributed by atoms with Gasteiger partial charge in [-0.2, -0.15) is 0 Å². The molecule has 13 heteroatoms. The van der Waals surface area contributed by atoms with Crippen molar-refractivity contribution in [1.82, 2.24) is 25.1 Å². The number of amides is 2. The van der Waals surface area contributed by atoms with E-state index in [2.05, 4.69) is 41.2 Å². The first-order chi connectivity index (χ1) is 16.1. The summed E-state index contributed by atoms with van der Waals surface area (Å²) in [6.07, 6.45) is 5.03. The minimum absolute atomic E-state index is 0.347. The van der Waals surface area contributed by atoms with Crippen LogP contribution in [0.1, 0.15) is 0 Å². The number of anilines is 2. The van der Waals surface area contributed by atoms with Gasteiger partial charge in [-0.15, -0.1) is 21.5 Å². The normalized spacial score (nSPS) is 11.0. The number of carbonyl (C=O) groups excluding carboxylic acids is 1. The molecule has 0 bridgehead atoms. The molecule has 5 rings (SSSR count). The van der Waals surface area contributed by atoms with Crippen molar-refractivity contribution in [3.63, 3.8) is 0 Å². The van der Waals surface area contributed by atoms with Gasteiger partial charge < -0.3 is 5.32 Å². The molecular weight excluding hydrogens is 521 g/mol. The summed E-state index contributed by atoms with van der Waals surface area (Å²) >= 11 is 16.0. The van der Waals surface area contributed by atoms with Crippen molar-refractivity contribution in [3.05, 3.63) is 64.5 Å². The van der Waals surface area contributed by atoms with E-state index < -0.39 is 6.03 Å². The molecule has 0 aliphatic rings. The number of benzene rings is 1. The van der Waals surface area contributed by atoms with Crippen molar-refractivity contribution in [2.45, 2.75) is 9.37 Å². The predicted molar refractivity (Wildman–Crippen MR) is 134 cm³/mol. The first-order valence-electron chi connectivity index (χ1n) is 9.24. The fourth-order valence-electron chi connectivity index (χ4n) is 2.89. The van der Waals surface area contributed by atoms with Gasteiger partial charge in [0.2, 0.25) is 5.13 Å². The van der Waals surface area contributed by atoms with E-state index in [1.54, 1.807) is 41.9 Å². The number of carbonyl (C=O) groups is 1. The summed E-state index contributed by atoms with van der Waals surface area (Å²) in [6, 6.07) is 8.24. The van der Waals surface area contributed by atoms with Crippen molar-refractivity contribution in [2.75, 3.05) is 10.6 Å².